The maximum absolute atomic E-state index is 13.2. The van der Waals surface area contributed by atoms with E-state index in [1.165, 1.54) is 12.1 Å². The molecule has 2 heterocycles. The molecule has 0 radical (unpaired) electrons. The van der Waals surface area contributed by atoms with Crippen LogP contribution in [0.2, 0.25) is 0 Å². The molecule has 2 aromatic heterocycles. The molecule has 0 aliphatic heterocycles. The highest BCUT2D eigenvalue weighted by Gasteiger charge is 2.13. The molecule has 0 fully saturated rings. The summed E-state index contributed by atoms with van der Waals surface area (Å²) in [4.78, 5) is 15.3. The Morgan fingerprint density at radius 3 is 2.81 bits per heavy atom. The van der Waals surface area contributed by atoms with E-state index in [4.69, 9.17) is 0 Å². The predicted octanol–water partition coefficient (Wildman–Crippen LogP) is 3.19. The molecular formula is C16H12FN3O. The normalized spacial score (nSPS) is 10.6. The molecule has 0 atom stereocenters. The van der Waals surface area contributed by atoms with Gasteiger partial charge in [0.05, 0.1) is 11.3 Å². The summed E-state index contributed by atoms with van der Waals surface area (Å²) in [6, 6.07) is 8.06. The molecule has 0 unspecified atom stereocenters. The van der Waals surface area contributed by atoms with Crippen molar-refractivity contribution in [1.82, 2.24) is 14.8 Å². The number of hydrogen-bond acceptors (Lipinski definition) is 3. The minimum atomic E-state index is -0.300. The molecule has 3 aromatic rings. The number of benzene rings is 1. The van der Waals surface area contributed by atoms with Crippen LogP contribution < -0.4 is 0 Å². The highest BCUT2D eigenvalue weighted by molar-refractivity contribution is 5.85. The highest BCUT2D eigenvalue weighted by atomic mass is 19.1. The van der Waals surface area contributed by atoms with Crippen LogP contribution in [-0.4, -0.2) is 21.1 Å². The SMILES string of the molecule is Cc1cc(F)ccc1-n1cc(C=O)c(-c2cccnc2)n1. The van der Waals surface area contributed by atoms with Gasteiger partial charge >= 0.3 is 0 Å². The van der Waals surface area contributed by atoms with E-state index in [0.717, 1.165) is 23.1 Å². The van der Waals surface area contributed by atoms with Crippen molar-refractivity contribution in [1.29, 1.82) is 0 Å². The van der Waals surface area contributed by atoms with Crippen LogP contribution in [0.15, 0.2) is 48.9 Å². The molecule has 0 amide bonds. The van der Waals surface area contributed by atoms with Gasteiger partial charge in [-0.15, -0.1) is 0 Å². The Kier molecular flexibility index (Phi) is 3.31. The molecular weight excluding hydrogens is 269 g/mol. The second-order valence-corrected chi connectivity index (χ2v) is 4.67. The number of carbonyl (C=O) groups is 1. The fraction of sp³-hybridized carbons (Fsp3) is 0.0625. The Hall–Kier alpha value is -2.82. The molecule has 4 nitrogen and oxygen atoms in total. The minimum absolute atomic E-state index is 0.300. The summed E-state index contributed by atoms with van der Waals surface area (Å²) in [6.45, 7) is 1.80. The third kappa shape index (κ3) is 2.45. The zero-order valence-electron chi connectivity index (χ0n) is 11.3. The van der Waals surface area contributed by atoms with Gasteiger partial charge in [0.25, 0.3) is 0 Å². The van der Waals surface area contributed by atoms with Crippen molar-refractivity contribution in [3.05, 3.63) is 65.9 Å². The summed E-state index contributed by atoms with van der Waals surface area (Å²) in [5.41, 5.74) is 3.26. The highest BCUT2D eigenvalue weighted by Crippen LogP contribution is 2.23. The lowest BCUT2D eigenvalue weighted by atomic mass is 10.1. The quantitative estimate of drug-likeness (QED) is 0.693. The molecule has 1 aromatic carbocycles. The summed E-state index contributed by atoms with van der Waals surface area (Å²) in [7, 11) is 0. The van der Waals surface area contributed by atoms with Gasteiger partial charge in [0, 0.05) is 24.2 Å². The first-order valence-electron chi connectivity index (χ1n) is 6.41. The van der Waals surface area contributed by atoms with Gasteiger partial charge in [-0.05, 0) is 42.8 Å². The van der Waals surface area contributed by atoms with Crippen LogP contribution in [0.3, 0.4) is 0 Å². The van der Waals surface area contributed by atoms with E-state index in [1.54, 1.807) is 42.3 Å². The van der Waals surface area contributed by atoms with Crippen LogP contribution >= 0.6 is 0 Å². The maximum atomic E-state index is 13.2. The molecule has 5 heteroatoms. The monoisotopic (exact) mass is 281 g/mol. The molecule has 0 aliphatic carbocycles. The Bertz CT molecular complexity index is 797. The van der Waals surface area contributed by atoms with Crippen LogP contribution in [0.25, 0.3) is 16.9 Å². The first kappa shape index (κ1) is 13.2. The fourth-order valence-electron chi connectivity index (χ4n) is 2.20. The molecule has 0 saturated heterocycles. The molecule has 104 valence electrons. The van der Waals surface area contributed by atoms with Crippen molar-refractivity contribution in [2.24, 2.45) is 0 Å². The number of halogens is 1. The van der Waals surface area contributed by atoms with Gasteiger partial charge in [0.15, 0.2) is 6.29 Å². The van der Waals surface area contributed by atoms with Crippen LogP contribution in [0.4, 0.5) is 4.39 Å². The number of carbonyl (C=O) groups excluding carboxylic acids is 1. The van der Waals surface area contributed by atoms with Crippen LogP contribution in [-0.2, 0) is 0 Å². The van der Waals surface area contributed by atoms with E-state index in [0.29, 0.717) is 11.3 Å². The Morgan fingerprint density at radius 2 is 2.14 bits per heavy atom. The van der Waals surface area contributed by atoms with E-state index in [9.17, 15) is 9.18 Å². The van der Waals surface area contributed by atoms with Crippen LogP contribution in [0.1, 0.15) is 15.9 Å². The number of aryl methyl sites for hydroxylation is 1. The fourth-order valence-corrected chi connectivity index (χ4v) is 2.20. The molecule has 0 spiro atoms. The number of rotatable bonds is 3. The van der Waals surface area contributed by atoms with E-state index < -0.39 is 0 Å². The number of aromatic nitrogens is 3. The van der Waals surface area contributed by atoms with Crippen molar-refractivity contribution in [3.8, 4) is 16.9 Å². The second kappa shape index (κ2) is 5.28. The molecule has 0 bridgehead atoms. The van der Waals surface area contributed by atoms with E-state index in [1.807, 2.05) is 6.07 Å². The first-order valence-corrected chi connectivity index (χ1v) is 6.41. The van der Waals surface area contributed by atoms with Gasteiger partial charge < -0.3 is 0 Å². The molecule has 0 saturated carbocycles. The minimum Gasteiger partial charge on any atom is -0.298 e. The number of pyridine rings is 1. The van der Waals surface area contributed by atoms with Gasteiger partial charge in [0.1, 0.15) is 11.5 Å². The van der Waals surface area contributed by atoms with Crippen LogP contribution in [0, 0.1) is 12.7 Å². The first-order chi connectivity index (χ1) is 10.2. The number of hydrogen-bond donors (Lipinski definition) is 0. The van der Waals surface area contributed by atoms with Crippen molar-refractivity contribution >= 4 is 6.29 Å². The van der Waals surface area contributed by atoms with Crippen LogP contribution in [0.5, 0.6) is 0 Å². The average Bonchev–Trinajstić information content (AvgIpc) is 2.92. The summed E-state index contributed by atoms with van der Waals surface area (Å²) in [5, 5.41) is 4.43. The summed E-state index contributed by atoms with van der Waals surface area (Å²) >= 11 is 0. The molecule has 21 heavy (non-hydrogen) atoms. The lowest BCUT2D eigenvalue weighted by Crippen LogP contribution is -1.98. The van der Waals surface area contributed by atoms with Crippen molar-refractivity contribution in [2.45, 2.75) is 6.92 Å². The largest absolute Gasteiger partial charge is 0.298 e. The third-order valence-corrected chi connectivity index (χ3v) is 3.21. The number of aldehydes is 1. The summed E-state index contributed by atoms with van der Waals surface area (Å²) in [6.07, 6.45) is 5.70. The van der Waals surface area contributed by atoms with E-state index in [-0.39, 0.29) is 5.82 Å². The maximum Gasteiger partial charge on any atom is 0.153 e. The lowest BCUT2D eigenvalue weighted by molar-refractivity contribution is 0.112. The van der Waals surface area contributed by atoms with E-state index >= 15 is 0 Å². The Morgan fingerprint density at radius 1 is 1.29 bits per heavy atom. The van der Waals surface area contributed by atoms with Crippen molar-refractivity contribution in [3.63, 3.8) is 0 Å². The topological polar surface area (TPSA) is 47.8 Å². The molecule has 0 aliphatic rings. The second-order valence-electron chi connectivity index (χ2n) is 4.67. The lowest BCUT2D eigenvalue weighted by Gasteiger charge is -2.05. The third-order valence-electron chi connectivity index (χ3n) is 3.21. The predicted molar refractivity (Wildman–Crippen MR) is 76.9 cm³/mol. The average molecular weight is 281 g/mol. The molecule has 0 N–H and O–H groups in total. The zero-order valence-corrected chi connectivity index (χ0v) is 11.3. The van der Waals surface area contributed by atoms with Gasteiger partial charge in [-0.2, -0.15) is 5.10 Å². The summed E-state index contributed by atoms with van der Waals surface area (Å²) in [5.74, 6) is -0.300. The van der Waals surface area contributed by atoms with Crippen molar-refractivity contribution < 1.29 is 9.18 Å². The van der Waals surface area contributed by atoms with Crippen molar-refractivity contribution in [2.75, 3.05) is 0 Å². The standard InChI is InChI=1S/C16H12FN3O/c1-11-7-14(17)4-5-15(11)20-9-13(10-21)16(19-20)12-3-2-6-18-8-12/h2-10H,1H3. The van der Waals surface area contributed by atoms with Gasteiger partial charge in [-0.1, -0.05) is 0 Å². The molecule has 3 rings (SSSR count). The summed E-state index contributed by atoms with van der Waals surface area (Å²) < 4.78 is 14.8. The van der Waals surface area contributed by atoms with E-state index in [2.05, 4.69) is 10.1 Å². The Labute approximate surface area is 120 Å². The van der Waals surface area contributed by atoms with Gasteiger partial charge in [-0.25, -0.2) is 9.07 Å². The Balaban J connectivity index is 2.14. The number of nitrogens with zero attached hydrogens (tertiary/aromatic N) is 3. The van der Waals surface area contributed by atoms with Gasteiger partial charge in [0.2, 0.25) is 0 Å². The zero-order chi connectivity index (χ0) is 14.8. The van der Waals surface area contributed by atoms with Gasteiger partial charge in [-0.3, -0.25) is 9.78 Å². The smallest absolute Gasteiger partial charge is 0.153 e.